The summed E-state index contributed by atoms with van der Waals surface area (Å²) in [5, 5.41) is 19.5. The second-order valence-corrected chi connectivity index (χ2v) is 7.95. The molecule has 2 aromatic rings. The van der Waals surface area contributed by atoms with Crippen molar-refractivity contribution < 1.29 is 19.7 Å². The van der Waals surface area contributed by atoms with Crippen molar-refractivity contribution in [1.82, 2.24) is 0 Å². The zero-order valence-electron chi connectivity index (χ0n) is 18.4. The molecule has 2 rings (SSSR count). The van der Waals surface area contributed by atoms with Gasteiger partial charge in [-0.2, -0.15) is 0 Å². The molecular formula is C26H38O4. The molecule has 0 amide bonds. The normalized spacial score (nSPS) is 11.9. The molecule has 1 atom stereocenters. The minimum Gasteiger partial charge on any atom is -0.508 e. The molecule has 0 aromatic heterocycles. The fraction of sp³-hybridized carbons (Fsp3) is 0.538. The Morgan fingerprint density at radius 3 is 1.83 bits per heavy atom. The Kier molecular flexibility index (Phi) is 11.6. The highest BCUT2D eigenvalue weighted by atomic mass is 16.7. The first-order valence-electron chi connectivity index (χ1n) is 11.6. The Balaban J connectivity index is 1.71. The van der Waals surface area contributed by atoms with Crippen molar-refractivity contribution in [3.05, 3.63) is 48.5 Å². The lowest BCUT2D eigenvalue weighted by molar-refractivity contribution is -0.00419. The van der Waals surface area contributed by atoms with Crippen LogP contribution in [0.25, 0.3) is 0 Å². The molecule has 0 spiro atoms. The molecule has 0 saturated carbocycles. The number of phenolic OH excluding ortho intramolecular Hbond substituents is 2. The smallest absolute Gasteiger partial charge is 0.241 e. The van der Waals surface area contributed by atoms with Gasteiger partial charge >= 0.3 is 0 Å². The maximum atomic E-state index is 10.0. The monoisotopic (exact) mass is 414 g/mol. The summed E-state index contributed by atoms with van der Waals surface area (Å²) in [7, 11) is 0. The number of phenols is 2. The van der Waals surface area contributed by atoms with E-state index < -0.39 is 6.29 Å². The van der Waals surface area contributed by atoms with Crippen LogP contribution in [0.2, 0.25) is 0 Å². The minimum absolute atomic E-state index is 0.107. The Bertz CT molecular complexity index is 684. The molecule has 0 heterocycles. The van der Waals surface area contributed by atoms with E-state index in [2.05, 4.69) is 6.92 Å². The van der Waals surface area contributed by atoms with E-state index in [1.54, 1.807) is 42.5 Å². The lowest BCUT2D eigenvalue weighted by atomic mass is 10.1. The van der Waals surface area contributed by atoms with Crippen LogP contribution in [0.15, 0.2) is 48.5 Å². The highest BCUT2D eigenvalue weighted by Crippen LogP contribution is 2.28. The predicted molar refractivity (Wildman–Crippen MR) is 122 cm³/mol. The minimum atomic E-state index is -0.485. The SMILES string of the molecule is CCCCCCCCCCCCCC(Oc1ccc(O)cc1)Oc1ccccc1O. The Morgan fingerprint density at radius 1 is 0.667 bits per heavy atom. The largest absolute Gasteiger partial charge is 0.508 e. The van der Waals surface area contributed by atoms with E-state index in [9.17, 15) is 10.2 Å². The first kappa shape index (κ1) is 23.9. The second kappa shape index (κ2) is 14.6. The predicted octanol–water partition coefficient (Wildman–Crippen LogP) is 7.58. The summed E-state index contributed by atoms with van der Waals surface area (Å²) < 4.78 is 11.9. The number of hydrogen-bond acceptors (Lipinski definition) is 4. The molecule has 0 aliphatic heterocycles. The number of para-hydroxylation sites is 2. The van der Waals surface area contributed by atoms with Crippen LogP contribution in [0.1, 0.15) is 84.0 Å². The molecule has 0 saturated heterocycles. The van der Waals surface area contributed by atoms with Gasteiger partial charge in [0.1, 0.15) is 11.5 Å². The van der Waals surface area contributed by atoms with E-state index in [0.29, 0.717) is 11.5 Å². The van der Waals surface area contributed by atoms with Crippen LogP contribution in [0.5, 0.6) is 23.0 Å². The zero-order chi connectivity index (χ0) is 21.4. The number of benzene rings is 2. The van der Waals surface area contributed by atoms with Gasteiger partial charge in [-0.25, -0.2) is 0 Å². The third-order valence-electron chi connectivity index (χ3n) is 5.27. The van der Waals surface area contributed by atoms with E-state index in [4.69, 9.17) is 9.47 Å². The van der Waals surface area contributed by atoms with Crippen molar-refractivity contribution in [2.75, 3.05) is 0 Å². The molecule has 0 radical (unpaired) electrons. The van der Waals surface area contributed by atoms with Crippen LogP contribution in [0.4, 0.5) is 0 Å². The molecule has 2 aromatic carbocycles. The van der Waals surface area contributed by atoms with Crippen LogP contribution < -0.4 is 9.47 Å². The fourth-order valence-electron chi connectivity index (χ4n) is 3.49. The first-order chi connectivity index (χ1) is 14.7. The molecule has 4 heteroatoms. The quantitative estimate of drug-likeness (QED) is 0.219. The van der Waals surface area contributed by atoms with Gasteiger partial charge in [0.05, 0.1) is 0 Å². The highest BCUT2D eigenvalue weighted by molar-refractivity contribution is 5.38. The number of unbranched alkanes of at least 4 members (excludes halogenated alkanes) is 10. The number of aromatic hydroxyl groups is 2. The zero-order valence-corrected chi connectivity index (χ0v) is 18.4. The van der Waals surface area contributed by atoms with Gasteiger partial charge in [-0.3, -0.25) is 0 Å². The van der Waals surface area contributed by atoms with E-state index in [1.807, 2.05) is 6.07 Å². The average Bonchev–Trinajstić information content (AvgIpc) is 2.75. The molecule has 1 unspecified atom stereocenters. The summed E-state index contributed by atoms with van der Waals surface area (Å²) in [6.45, 7) is 2.26. The summed E-state index contributed by atoms with van der Waals surface area (Å²) in [6, 6.07) is 13.6. The van der Waals surface area contributed by atoms with Gasteiger partial charge in [0, 0.05) is 6.42 Å². The molecule has 30 heavy (non-hydrogen) atoms. The highest BCUT2D eigenvalue weighted by Gasteiger charge is 2.14. The third-order valence-corrected chi connectivity index (χ3v) is 5.27. The molecule has 0 aliphatic rings. The van der Waals surface area contributed by atoms with Crippen molar-refractivity contribution in [1.29, 1.82) is 0 Å². The molecule has 4 nitrogen and oxygen atoms in total. The van der Waals surface area contributed by atoms with E-state index >= 15 is 0 Å². The lowest BCUT2D eigenvalue weighted by Crippen LogP contribution is -2.24. The Hall–Kier alpha value is -2.36. The summed E-state index contributed by atoms with van der Waals surface area (Å²) in [5.74, 6) is 1.36. The molecule has 0 fully saturated rings. The van der Waals surface area contributed by atoms with Gasteiger partial charge in [0.2, 0.25) is 6.29 Å². The van der Waals surface area contributed by atoms with Crippen LogP contribution in [0.3, 0.4) is 0 Å². The van der Waals surface area contributed by atoms with E-state index in [1.165, 1.54) is 57.8 Å². The molecular weight excluding hydrogens is 376 g/mol. The standard InChI is InChI=1S/C26H38O4/c1-2-3-4-5-6-7-8-9-10-11-12-17-26(29-23-20-18-22(27)19-21-23)30-25-16-14-13-15-24(25)28/h13-16,18-21,26-28H,2-12,17H2,1H3. The third kappa shape index (κ3) is 9.91. The van der Waals surface area contributed by atoms with Crippen molar-refractivity contribution in [2.45, 2.75) is 90.3 Å². The summed E-state index contributed by atoms with van der Waals surface area (Å²) in [5.41, 5.74) is 0. The fourth-order valence-corrected chi connectivity index (χ4v) is 3.49. The summed E-state index contributed by atoms with van der Waals surface area (Å²) in [6.07, 6.45) is 14.4. The van der Waals surface area contributed by atoms with Gasteiger partial charge in [0.25, 0.3) is 0 Å². The summed E-state index contributed by atoms with van der Waals surface area (Å²) in [4.78, 5) is 0. The van der Waals surface area contributed by atoms with Crippen LogP contribution in [-0.4, -0.2) is 16.5 Å². The van der Waals surface area contributed by atoms with Crippen molar-refractivity contribution >= 4 is 0 Å². The number of ether oxygens (including phenoxy) is 2. The number of hydrogen-bond donors (Lipinski definition) is 2. The van der Waals surface area contributed by atoms with Gasteiger partial charge in [0.15, 0.2) is 11.5 Å². The Labute approximate surface area is 181 Å². The maximum Gasteiger partial charge on any atom is 0.241 e. The van der Waals surface area contributed by atoms with E-state index in [0.717, 1.165) is 19.3 Å². The van der Waals surface area contributed by atoms with Gasteiger partial charge < -0.3 is 19.7 Å². The average molecular weight is 415 g/mol. The molecule has 0 bridgehead atoms. The van der Waals surface area contributed by atoms with Crippen molar-refractivity contribution in [3.63, 3.8) is 0 Å². The van der Waals surface area contributed by atoms with E-state index in [-0.39, 0.29) is 11.5 Å². The van der Waals surface area contributed by atoms with Crippen molar-refractivity contribution in [2.24, 2.45) is 0 Å². The topological polar surface area (TPSA) is 58.9 Å². The number of rotatable bonds is 16. The maximum absolute atomic E-state index is 10.0. The lowest BCUT2D eigenvalue weighted by Gasteiger charge is -2.21. The van der Waals surface area contributed by atoms with Crippen LogP contribution >= 0.6 is 0 Å². The van der Waals surface area contributed by atoms with Gasteiger partial charge in [-0.15, -0.1) is 0 Å². The van der Waals surface area contributed by atoms with Gasteiger partial charge in [-0.1, -0.05) is 83.3 Å². The first-order valence-corrected chi connectivity index (χ1v) is 11.6. The van der Waals surface area contributed by atoms with Crippen molar-refractivity contribution in [3.8, 4) is 23.0 Å². The second-order valence-electron chi connectivity index (χ2n) is 7.95. The van der Waals surface area contributed by atoms with Crippen LogP contribution in [0, 0.1) is 0 Å². The molecule has 166 valence electrons. The summed E-state index contributed by atoms with van der Waals surface area (Å²) >= 11 is 0. The van der Waals surface area contributed by atoms with Crippen LogP contribution in [-0.2, 0) is 0 Å². The van der Waals surface area contributed by atoms with Gasteiger partial charge in [-0.05, 0) is 42.8 Å². The molecule has 2 N–H and O–H groups in total. The Morgan fingerprint density at radius 2 is 1.23 bits per heavy atom. The molecule has 0 aliphatic carbocycles.